The number of anilines is 1. The highest BCUT2D eigenvalue weighted by atomic mass is 35.5. The van der Waals surface area contributed by atoms with Crippen molar-refractivity contribution in [2.45, 2.75) is 6.42 Å². The van der Waals surface area contributed by atoms with Crippen molar-refractivity contribution in [3.8, 4) is 0 Å². The summed E-state index contributed by atoms with van der Waals surface area (Å²) in [6.45, 7) is 0. The summed E-state index contributed by atoms with van der Waals surface area (Å²) in [7, 11) is 0. The Kier molecular flexibility index (Phi) is 3.05. The van der Waals surface area contributed by atoms with Gasteiger partial charge >= 0.3 is 5.97 Å². The highest BCUT2D eigenvalue weighted by Gasteiger charge is 2.62. The Bertz CT molecular complexity index is 686. The van der Waals surface area contributed by atoms with Crippen LogP contribution in [0.4, 0.5) is 5.69 Å². The largest absolute Gasteiger partial charge is 0.481 e. The summed E-state index contributed by atoms with van der Waals surface area (Å²) in [6, 6.07) is 7.01. The van der Waals surface area contributed by atoms with Gasteiger partial charge in [0, 0.05) is 0 Å². The monoisotopic (exact) mass is 317 g/mol. The first-order valence-electron chi connectivity index (χ1n) is 7.54. The fraction of sp³-hybridized carbons (Fsp3) is 0.412. The van der Waals surface area contributed by atoms with Crippen LogP contribution in [0.25, 0.3) is 0 Å². The second-order valence-electron chi connectivity index (χ2n) is 6.46. The van der Waals surface area contributed by atoms with Crippen molar-refractivity contribution in [3.63, 3.8) is 0 Å². The molecule has 2 N–H and O–H groups in total. The van der Waals surface area contributed by atoms with Crippen LogP contribution in [0, 0.1) is 35.5 Å². The summed E-state index contributed by atoms with van der Waals surface area (Å²) < 4.78 is 0. The number of rotatable bonds is 3. The van der Waals surface area contributed by atoms with Gasteiger partial charge in [-0.3, -0.25) is 9.59 Å². The van der Waals surface area contributed by atoms with E-state index in [1.807, 2.05) is 6.08 Å². The standard InChI is InChI=1S/C17H16ClNO3/c18-12-3-1-2-4-13(12)19-16(20)14-8-5-6-9(11-7-10(8)11)15(14)17(21)22/h1-6,8-11,14-15H,7H2,(H,19,20)(H,21,22)/t8-,9-,10-,11+,14+,15+/m0/s1. The normalized spacial score (nSPS) is 37.5. The lowest BCUT2D eigenvalue weighted by molar-refractivity contribution is -0.152. The molecule has 1 aromatic rings. The minimum atomic E-state index is -0.871. The molecule has 0 spiro atoms. The van der Waals surface area contributed by atoms with Crippen molar-refractivity contribution in [1.82, 2.24) is 0 Å². The van der Waals surface area contributed by atoms with Crippen LogP contribution in [-0.2, 0) is 9.59 Å². The molecule has 4 aliphatic carbocycles. The van der Waals surface area contributed by atoms with Crippen molar-refractivity contribution in [2.75, 3.05) is 5.32 Å². The van der Waals surface area contributed by atoms with Crippen molar-refractivity contribution in [3.05, 3.63) is 41.4 Å². The lowest BCUT2D eigenvalue weighted by Gasteiger charge is -2.41. The number of aliphatic carboxylic acids is 1. The van der Waals surface area contributed by atoms with E-state index in [2.05, 4.69) is 11.4 Å². The van der Waals surface area contributed by atoms with Gasteiger partial charge in [-0.05, 0) is 42.2 Å². The zero-order chi connectivity index (χ0) is 15.4. The smallest absolute Gasteiger partial charge is 0.307 e. The Balaban J connectivity index is 1.63. The number of hydrogen-bond donors (Lipinski definition) is 2. The fourth-order valence-electron chi connectivity index (χ4n) is 4.35. The molecule has 0 unspecified atom stereocenters. The molecule has 1 aromatic carbocycles. The number of benzene rings is 1. The van der Waals surface area contributed by atoms with Gasteiger partial charge < -0.3 is 10.4 Å². The summed E-state index contributed by atoms with van der Waals surface area (Å²) in [5.41, 5.74) is 0.538. The predicted molar refractivity (Wildman–Crippen MR) is 82.4 cm³/mol. The van der Waals surface area contributed by atoms with E-state index in [1.54, 1.807) is 24.3 Å². The predicted octanol–water partition coefficient (Wildman–Crippen LogP) is 3.05. The fourth-order valence-corrected chi connectivity index (χ4v) is 4.53. The number of carbonyl (C=O) groups excluding carboxylic acids is 1. The first-order valence-corrected chi connectivity index (χ1v) is 7.92. The number of nitrogens with one attached hydrogen (secondary N) is 1. The molecule has 2 saturated carbocycles. The van der Waals surface area contributed by atoms with E-state index in [0.717, 1.165) is 6.42 Å². The molecule has 22 heavy (non-hydrogen) atoms. The number of carbonyl (C=O) groups is 2. The molecule has 2 bridgehead atoms. The maximum absolute atomic E-state index is 12.7. The van der Waals surface area contributed by atoms with Gasteiger partial charge in [0.05, 0.1) is 22.5 Å². The number of para-hydroxylation sites is 1. The zero-order valence-corrected chi connectivity index (χ0v) is 12.5. The molecule has 0 heterocycles. The molecule has 4 nitrogen and oxygen atoms in total. The molecule has 0 saturated heterocycles. The molecular weight excluding hydrogens is 302 g/mol. The first kappa shape index (κ1) is 13.8. The van der Waals surface area contributed by atoms with Gasteiger partial charge in [0.2, 0.25) is 5.91 Å². The van der Waals surface area contributed by atoms with E-state index < -0.39 is 17.8 Å². The van der Waals surface area contributed by atoms with Gasteiger partial charge in [0.1, 0.15) is 0 Å². The lowest BCUT2D eigenvalue weighted by atomic mass is 9.62. The van der Waals surface area contributed by atoms with Crippen molar-refractivity contribution >= 4 is 29.2 Å². The van der Waals surface area contributed by atoms with Crippen LogP contribution >= 0.6 is 11.6 Å². The average Bonchev–Trinajstić information content (AvgIpc) is 3.30. The second-order valence-corrected chi connectivity index (χ2v) is 6.87. The van der Waals surface area contributed by atoms with E-state index in [1.165, 1.54) is 0 Å². The number of allylic oxidation sites excluding steroid dienone is 2. The minimum absolute atomic E-state index is 0.00510. The quantitative estimate of drug-likeness (QED) is 0.842. The van der Waals surface area contributed by atoms with E-state index in [0.29, 0.717) is 22.5 Å². The number of halogens is 1. The van der Waals surface area contributed by atoms with Crippen LogP contribution in [-0.4, -0.2) is 17.0 Å². The lowest BCUT2D eigenvalue weighted by Crippen LogP contribution is -2.48. The highest BCUT2D eigenvalue weighted by Crippen LogP contribution is 2.63. The third-order valence-electron chi connectivity index (χ3n) is 5.37. The maximum atomic E-state index is 12.7. The molecule has 114 valence electrons. The summed E-state index contributed by atoms with van der Waals surface area (Å²) >= 11 is 6.08. The van der Waals surface area contributed by atoms with Gasteiger partial charge in [-0.1, -0.05) is 35.9 Å². The Hall–Kier alpha value is -1.81. The van der Waals surface area contributed by atoms with E-state index in [-0.39, 0.29) is 17.7 Å². The van der Waals surface area contributed by atoms with Gasteiger partial charge in [-0.15, -0.1) is 0 Å². The number of carboxylic acids is 1. The van der Waals surface area contributed by atoms with Gasteiger partial charge in [-0.2, -0.15) is 0 Å². The Morgan fingerprint density at radius 2 is 1.73 bits per heavy atom. The van der Waals surface area contributed by atoms with Crippen LogP contribution in [0.15, 0.2) is 36.4 Å². The topological polar surface area (TPSA) is 66.4 Å². The van der Waals surface area contributed by atoms with E-state index >= 15 is 0 Å². The number of amides is 1. The van der Waals surface area contributed by atoms with Crippen LogP contribution in [0.2, 0.25) is 5.02 Å². The van der Waals surface area contributed by atoms with Crippen LogP contribution in [0.5, 0.6) is 0 Å². The minimum Gasteiger partial charge on any atom is -0.481 e. The summed E-state index contributed by atoms with van der Waals surface area (Å²) in [5.74, 6) is -1.26. The molecule has 4 aliphatic rings. The summed E-state index contributed by atoms with van der Waals surface area (Å²) in [4.78, 5) is 24.4. The zero-order valence-electron chi connectivity index (χ0n) is 11.8. The first-order chi connectivity index (χ1) is 10.6. The Morgan fingerprint density at radius 3 is 2.36 bits per heavy atom. The highest BCUT2D eigenvalue weighted by molar-refractivity contribution is 6.33. The molecule has 0 aliphatic heterocycles. The van der Waals surface area contributed by atoms with Crippen molar-refractivity contribution in [2.24, 2.45) is 35.5 Å². The van der Waals surface area contributed by atoms with E-state index in [4.69, 9.17) is 11.6 Å². The van der Waals surface area contributed by atoms with Crippen LogP contribution < -0.4 is 5.32 Å². The Morgan fingerprint density at radius 1 is 1.09 bits per heavy atom. The molecule has 6 atom stereocenters. The summed E-state index contributed by atoms with van der Waals surface area (Å²) in [5, 5.41) is 12.9. The van der Waals surface area contributed by atoms with Gasteiger partial charge in [0.15, 0.2) is 0 Å². The molecule has 1 amide bonds. The van der Waals surface area contributed by atoms with Crippen LogP contribution in [0.3, 0.4) is 0 Å². The van der Waals surface area contributed by atoms with Gasteiger partial charge in [0.25, 0.3) is 0 Å². The SMILES string of the molecule is O=C(O)[C@@H]1[C@H]2C=C[C@@H]([C@@H]3C[C@H]23)[C@H]1C(=O)Nc1ccccc1Cl. The summed E-state index contributed by atoms with van der Waals surface area (Å²) in [6.07, 6.45) is 5.11. The molecule has 0 radical (unpaired) electrons. The molecular formula is C17H16ClNO3. The van der Waals surface area contributed by atoms with Crippen molar-refractivity contribution in [1.29, 1.82) is 0 Å². The van der Waals surface area contributed by atoms with Crippen molar-refractivity contribution < 1.29 is 14.7 Å². The number of hydrogen-bond acceptors (Lipinski definition) is 2. The molecule has 5 heteroatoms. The number of fused-ring (bicyclic) bond motifs is 1. The average molecular weight is 318 g/mol. The second kappa shape index (κ2) is 4.85. The third-order valence-corrected chi connectivity index (χ3v) is 5.70. The third kappa shape index (κ3) is 1.97. The molecule has 2 fully saturated rings. The molecule has 0 aromatic heterocycles. The molecule has 5 rings (SSSR count). The maximum Gasteiger partial charge on any atom is 0.307 e. The van der Waals surface area contributed by atoms with Gasteiger partial charge in [-0.25, -0.2) is 0 Å². The van der Waals surface area contributed by atoms with Crippen LogP contribution in [0.1, 0.15) is 6.42 Å². The van der Waals surface area contributed by atoms with E-state index in [9.17, 15) is 14.7 Å². The number of carboxylic acid groups (broad SMARTS) is 1. The Labute approximate surface area is 133 Å².